The summed E-state index contributed by atoms with van der Waals surface area (Å²) in [4.78, 5) is 43.7. The number of aliphatic imine (C=N–C) groups is 2. The van der Waals surface area contributed by atoms with Gasteiger partial charge in [0.1, 0.15) is 13.2 Å². The van der Waals surface area contributed by atoms with Crippen molar-refractivity contribution in [1.29, 1.82) is 0 Å². The lowest BCUT2D eigenvalue weighted by Crippen LogP contribution is -2.34. The van der Waals surface area contributed by atoms with Crippen LogP contribution in [-0.4, -0.2) is 74.8 Å². The summed E-state index contributed by atoms with van der Waals surface area (Å²) in [6.07, 6.45) is 2.91. The van der Waals surface area contributed by atoms with Crippen molar-refractivity contribution in [1.82, 2.24) is 9.80 Å². The van der Waals surface area contributed by atoms with E-state index in [4.69, 9.17) is 14.2 Å². The van der Waals surface area contributed by atoms with Crippen LogP contribution in [0.4, 0.5) is 9.59 Å². The average Bonchev–Trinajstić information content (AvgIpc) is 2.58. The number of hydrogen-bond donors (Lipinski definition) is 0. The third-order valence-electron chi connectivity index (χ3n) is 2.49. The van der Waals surface area contributed by atoms with Crippen LogP contribution in [0.25, 0.3) is 0 Å². The van der Waals surface area contributed by atoms with Gasteiger partial charge in [0.05, 0.1) is 0 Å². The first kappa shape index (κ1) is 21.8. The van der Waals surface area contributed by atoms with Crippen LogP contribution in [0.5, 0.6) is 0 Å². The van der Waals surface area contributed by atoms with E-state index in [0.717, 1.165) is 9.80 Å². The summed E-state index contributed by atoms with van der Waals surface area (Å²) in [6, 6.07) is 0. The second-order valence-electron chi connectivity index (χ2n) is 4.57. The minimum Gasteiger partial charge on any atom is -0.455 e. The molecule has 0 aromatic carbocycles. The maximum absolute atomic E-state index is 11.7. The average molecular weight is 354 g/mol. The standard InChI is InChI=1S/C15H22N4O6/c1-12(20)25-13(10-23-14(21)18(4)8-6-16-2)11-24-15(22)19(5)9-7-17-3/h6-9,13H,2-3,10-11H2,1,4-5H3/b8-6-,9-7-. The Kier molecular flexibility index (Phi) is 10.7. The van der Waals surface area contributed by atoms with Crippen molar-refractivity contribution in [2.75, 3.05) is 27.3 Å². The first-order valence-electron chi connectivity index (χ1n) is 7.03. The Labute approximate surface area is 146 Å². The van der Waals surface area contributed by atoms with E-state index < -0.39 is 24.3 Å². The van der Waals surface area contributed by atoms with Crippen LogP contribution < -0.4 is 0 Å². The third-order valence-corrected chi connectivity index (χ3v) is 2.49. The van der Waals surface area contributed by atoms with Gasteiger partial charge in [-0.1, -0.05) is 0 Å². The number of carbonyl (C=O) groups excluding carboxylic acids is 3. The molecule has 0 spiro atoms. The van der Waals surface area contributed by atoms with Gasteiger partial charge in [0.15, 0.2) is 6.10 Å². The zero-order valence-electron chi connectivity index (χ0n) is 14.5. The topological polar surface area (TPSA) is 110 Å². The van der Waals surface area contributed by atoms with Crippen molar-refractivity contribution in [2.45, 2.75) is 13.0 Å². The molecule has 0 aliphatic heterocycles. The predicted molar refractivity (Wildman–Crippen MR) is 91.2 cm³/mol. The molecule has 138 valence electrons. The van der Waals surface area contributed by atoms with Crippen molar-refractivity contribution in [3.8, 4) is 0 Å². The van der Waals surface area contributed by atoms with E-state index in [0.29, 0.717) is 0 Å². The minimum atomic E-state index is -0.949. The molecule has 0 aromatic rings. The highest BCUT2D eigenvalue weighted by Crippen LogP contribution is 2.02. The van der Waals surface area contributed by atoms with E-state index in [1.165, 1.54) is 45.8 Å². The molecule has 0 saturated heterocycles. The monoisotopic (exact) mass is 354 g/mol. The van der Waals surface area contributed by atoms with Crippen molar-refractivity contribution < 1.29 is 28.6 Å². The van der Waals surface area contributed by atoms with Gasteiger partial charge in [-0.3, -0.25) is 24.6 Å². The fraction of sp³-hybridized carbons (Fsp3) is 0.400. The Balaban J connectivity index is 4.57. The van der Waals surface area contributed by atoms with E-state index >= 15 is 0 Å². The van der Waals surface area contributed by atoms with E-state index in [1.807, 2.05) is 0 Å². The van der Waals surface area contributed by atoms with E-state index in [-0.39, 0.29) is 13.2 Å². The Hall–Kier alpha value is -3.17. The van der Waals surface area contributed by atoms with Gasteiger partial charge in [-0.05, 0) is 13.4 Å². The summed E-state index contributed by atoms with van der Waals surface area (Å²) in [7, 11) is 2.89. The zero-order valence-corrected chi connectivity index (χ0v) is 14.5. The fourth-order valence-electron chi connectivity index (χ4n) is 1.30. The molecule has 0 bridgehead atoms. The number of carbonyl (C=O) groups is 3. The predicted octanol–water partition coefficient (Wildman–Crippen LogP) is 1.40. The fourth-order valence-corrected chi connectivity index (χ4v) is 1.30. The molecule has 0 aliphatic rings. The molecule has 0 radical (unpaired) electrons. The van der Waals surface area contributed by atoms with Gasteiger partial charge in [0, 0.05) is 45.8 Å². The lowest BCUT2D eigenvalue weighted by molar-refractivity contribution is -0.151. The highest BCUT2D eigenvalue weighted by atomic mass is 16.6. The summed E-state index contributed by atoms with van der Waals surface area (Å²) >= 11 is 0. The number of amides is 2. The second kappa shape index (κ2) is 12.3. The summed E-state index contributed by atoms with van der Waals surface area (Å²) in [6.45, 7) is 7.07. The van der Waals surface area contributed by atoms with Crippen LogP contribution in [0.15, 0.2) is 34.8 Å². The largest absolute Gasteiger partial charge is 0.455 e. The molecule has 0 aliphatic carbocycles. The van der Waals surface area contributed by atoms with Crippen molar-refractivity contribution >= 4 is 31.6 Å². The highest BCUT2D eigenvalue weighted by Gasteiger charge is 2.19. The van der Waals surface area contributed by atoms with Gasteiger partial charge in [-0.2, -0.15) is 0 Å². The summed E-state index contributed by atoms with van der Waals surface area (Å²) < 4.78 is 14.9. The molecule has 0 unspecified atom stereocenters. The second-order valence-corrected chi connectivity index (χ2v) is 4.57. The van der Waals surface area contributed by atoms with Gasteiger partial charge in [0.2, 0.25) is 0 Å². The Morgan fingerprint density at radius 3 is 1.68 bits per heavy atom. The van der Waals surface area contributed by atoms with Crippen LogP contribution in [0, 0.1) is 0 Å². The molecular formula is C15H22N4O6. The smallest absolute Gasteiger partial charge is 0.413 e. The molecule has 0 atom stereocenters. The van der Waals surface area contributed by atoms with Crippen LogP contribution in [0.3, 0.4) is 0 Å². The molecule has 0 rings (SSSR count). The van der Waals surface area contributed by atoms with Gasteiger partial charge in [-0.15, -0.1) is 0 Å². The van der Waals surface area contributed by atoms with Crippen molar-refractivity contribution in [3.05, 3.63) is 24.8 Å². The number of rotatable bonds is 9. The number of hydrogen-bond acceptors (Lipinski definition) is 8. The lowest BCUT2D eigenvalue weighted by Gasteiger charge is -2.20. The molecule has 0 heterocycles. The molecule has 0 N–H and O–H groups in total. The maximum atomic E-state index is 11.7. The maximum Gasteiger partial charge on any atom is 0.413 e. The third kappa shape index (κ3) is 10.3. The minimum absolute atomic E-state index is 0.293. The van der Waals surface area contributed by atoms with E-state index in [9.17, 15) is 14.4 Å². The van der Waals surface area contributed by atoms with E-state index in [1.54, 1.807) is 0 Å². The number of nitrogens with zero attached hydrogens (tertiary/aromatic N) is 4. The lowest BCUT2D eigenvalue weighted by atomic mass is 10.4. The van der Waals surface area contributed by atoms with Crippen LogP contribution in [0.2, 0.25) is 0 Å². The molecule has 10 nitrogen and oxygen atoms in total. The van der Waals surface area contributed by atoms with Crippen LogP contribution in [0.1, 0.15) is 6.92 Å². The van der Waals surface area contributed by atoms with Crippen molar-refractivity contribution in [2.24, 2.45) is 9.98 Å². The van der Waals surface area contributed by atoms with Crippen LogP contribution >= 0.6 is 0 Å². The molecular weight excluding hydrogens is 332 g/mol. The Morgan fingerprint density at radius 2 is 1.36 bits per heavy atom. The Morgan fingerprint density at radius 1 is 0.960 bits per heavy atom. The number of ether oxygens (including phenoxy) is 3. The first-order chi connectivity index (χ1) is 11.8. The quantitative estimate of drug-likeness (QED) is 0.352. The molecule has 10 heteroatoms. The highest BCUT2D eigenvalue weighted by molar-refractivity contribution is 5.69. The van der Waals surface area contributed by atoms with Gasteiger partial charge in [0.25, 0.3) is 0 Å². The Bertz CT molecular complexity index is 506. The SMILES string of the molecule is C=N/C=C\N(C)C(=O)OCC(COC(=O)N(C)/C=C\N=C)OC(C)=O. The molecule has 0 aromatic heterocycles. The van der Waals surface area contributed by atoms with Crippen molar-refractivity contribution in [3.63, 3.8) is 0 Å². The first-order valence-corrected chi connectivity index (χ1v) is 7.03. The van der Waals surface area contributed by atoms with Crippen LogP contribution in [-0.2, 0) is 19.0 Å². The van der Waals surface area contributed by atoms with E-state index in [2.05, 4.69) is 23.4 Å². The van der Waals surface area contributed by atoms with Gasteiger partial charge < -0.3 is 14.2 Å². The molecule has 2 amide bonds. The zero-order chi connectivity index (χ0) is 19.2. The number of esters is 1. The summed E-state index contributed by atoms with van der Waals surface area (Å²) in [5.74, 6) is -0.606. The molecule has 0 fully saturated rings. The van der Waals surface area contributed by atoms with Gasteiger partial charge in [-0.25, -0.2) is 9.59 Å². The molecule has 0 saturated carbocycles. The van der Waals surface area contributed by atoms with Gasteiger partial charge >= 0.3 is 18.2 Å². The summed E-state index contributed by atoms with van der Waals surface area (Å²) in [5.41, 5.74) is 0. The summed E-state index contributed by atoms with van der Waals surface area (Å²) in [5, 5.41) is 0. The normalized spacial score (nSPS) is 10.6. The molecule has 25 heavy (non-hydrogen) atoms.